The van der Waals surface area contributed by atoms with Gasteiger partial charge in [-0.15, -0.1) is 5.56 Å². The van der Waals surface area contributed by atoms with Gasteiger partial charge in [0.15, 0.2) is 0 Å². The maximum absolute atomic E-state index is 12.7. The maximum atomic E-state index is 12.7. The van der Waals surface area contributed by atoms with Crippen molar-refractivity contribution in [3.63, 3.8) is 0 Å². The summed E-state index contributed by atoms with van der Waals surface area (Å²) in [6.07, 6.45) is 0.731. The molecule has 2 bridgehead atoms. The molecule has 3 rings (SSSR count). The summed E-state index contributed by atoms with van der Waals surface area (Å²) < 4.78 is 5.33. The molecule has 137 valence electrons. The SMILES string of the molecule is CCOC(=O)C1=C(c2cc[c-]cc2)CC2CN(C(C)=O)CC1N2C.[U].[V]. The van der Waals surface area contributed by atoms with E-state index in [2.05, 4.69) is 11.0 Å². The fraction of sp³-hybridized carbons (Fsp3) is 0.474. The molecule has 2 heterocycles. The molecule has 1 radical (unpaired) electrons. The first-order chi connectivity index (χ1) is 11.5. The molecule has 7 heteroatoms. The van der Waals surface area contributed by atoms with E-state index < -0.39 is 0 Å². The summed E-state index contributed by atoms with van der Waals surface area (Å²) in [5, 5.41) is 0. The normalized spacial score (nSPS) is 22.2. The smallest absolute Gasteiger partial charge is 0.335 e. The predicted molar refractivity (Wildman–Crippen MR) is 91.0 cm³/mol. The molecule has 0 spiro atoms. The number of carbonyl (C=O) groups excluding carboxylic acids is 2. The van der Waals surface area contributed by atoms with Crippen LogP contribution in [0.25, 0.3) is 5.57 Å². The van der Waals surface area contributed by atoms with E-state index in [0.29, 0.717) is 25.3 Å². The minimum Gasteiger partial charge on any atom is -0.463 e. The van der Waals surface area contributed by atoms with Crippen LogP contribution in [0.4, 0.5) is 0 Å². The number of hydrogen-bond donors (Lipinski definition) is 0. The molecule has 26 heavy (non-hydrogen) atoms. The number of likely N-dealkylation sites (N-methyl/N-ethyl adjacent to an activating group) is 1. The Kier molecular flexibility index (Phi) is 9.19. The molecule has 0 N–H and O–H groups in total. The average Bonchev–Trinajstić information content (AvgIpc) is 2.55. The molecule has 1 amide bonds. The number of rotatable bonds is 3. The summed E-state index contributed by atoms with van der Waals surface area (Å²) >= 11 is 0. The van der Waals surface area contributed by atoms with Crippen LogP contribution in [0, 0.1) is 37.2 Å². The van der Waals surface area contributed by atoms with Gasteiger partial charge in [0.1, 0.15) is 0 Å². The minimum absolute atomic E-state index is 0. The summed E-state index contributed by atoms with van der Waals surface area (Å²) in [4.78, 5) is 28.6. The van der Waals surface area contributed by atoms with Crippen molar-refractivity contribution in [2.45, 2.75) is 32.4 Å². The van der Waals surface area contributed by atoms with Gasteiger partial charge in [0.05, 0.1) is 18.2 Å². The van der Waals surface area contributed by atoms with Crippen LogP contribution in [0.3, 0.4) is 0 Å². The van der Waals surface area contributed by atoms with E-state index in [9.17, 15) is 9.59 Å². The molecule has 1 aromatic rings. The molecule has 0 saturated carbocycles. The first kappa shape index (κ1) is 23.5. The van der Waals surface area contributed by atoms with Gasteiger partial charge >= 0.3 is 5.97 Å². The topological polar surface area (TPSA) is 49.9 Å². The summed E-state index contributed by atoms with van der Waals surface area (Å²) in [7, 11) is 2.03. The van der Waals surface area contributed by atoms with E-state index in [0.717, 1.165) is 17.6 Å². The van der Waals surface area contributed by atoms with Crippen LogP contribution in [0.5, 0.6) is 0 Å². The van der Waals surface area contributed by atoms with Gasteiger partial charge in [0, 0.05) is 75.7 Å². The quantitative estimate of drug-likeness (QED) is 0.384. The Hall–Kier alpha value is -0.504. The van der Waals surface area contributed by atoms with E-state index in [-0.39, 0.29) is 73.6 Å². The number of fused-ring (bicyclic) bond motifs is 2. The maximum Gasteiger partial charge on any atom is 0.335 e. The zero-order valence-electron chi connectivity index (χ0n) is 15.4. The van der Waals surface area contributed by atoms with Crippen LogP contribution in [0.15, 0.2) is 29.8 Å². The molecule has 1 fully saturated rings. The Morgan fingerprint density at radius 2 is 1.92 bits per heavy atom. The van der Waals surface area contributed by atoms with Crippen LogP contribution in [0.1, 0.15) is 25.8 Å². The third-order valence-corrected chi connectivity index (χ3v) is 5.00. The number of piperazine rings is 1. The van der Waals surface area contributed by atoms with Crippen molar-refractivity contribution < 1.29 is 64.0 Å². The molecule has 1 saturated heterocycles. The third-order valence-electron chi connectivity index (χ3n) is 5.00. The van der Waals surface area contributed by atoms with Crippen molar-refractivity contribution in [3.05, 3.63) is 41.5 Å². The summed E-state index contributed by atoms with van der Waals surface area (Å²) in [6, 6.07) is 10.8. The molecule has 0 aliphatic carbocycles. The Morgan fingerprint density at radius 1 is 1.27 bits per heavy atom. The van der Waals surface area contributed by atoms with Gasteiger partial charge in [0.2, 0.25) is 5.91 Å². The van der Waals surface area contributed by atoms with Crippen molar-refractivity contribution in [2.75, 3.05) is 26.7 Å². The minimum atomic E-state index is -0.277. The van der Waals surface area contributed by atoms with Crippen molar-refractivity contribution in [3.8, 4) is 0 Å². The molecule has 2 atom stereocenters. The van der Waals surface area contributed by atoms with Crippen LogP contribution in [0.2, 0.25) is 0 Å². The molecule has 0 aromatic heterocycles. The molecule has 2 unspecified atom stereocenters. The van der Waals surface area contributed by atoms with E-state index in [1.54, 1.807) is 6.92 Å². The number of amides is 1. The van der Waals surface area contributed by atoms with E-state index >= 15 is 0 Å². The Labute approximate surface area is 190 Å². The van der Waals surface area contributed by atoms with Crippen LogP contribution >= 0.6 is 0 Å². The number of hydrogen-bond acceptors (Lipinski definition) is 4. The van der Waals surface area contributed by atoms with Gasteiger partial charge in [-0.25, -0.2) is 4.79 Å². The van der Waals surface area contributed by atoms with Crippen molar-refractivity contribution >= 4 is 17.4 Å². The molecule has 5 nitrogen and oxygen atoms in total. The van der Waals surface area contributed by atoms with Crippen LogP contribution in [-0.4, -0.2) is 60.5 Å². The largest absolute Gasteiger partial charge is 0.463 e. The first-order valence-electron chi connectivity index (χ1n) is 8.37. The molecular weight excluding hydrogens is 593 g/mol. The zero-order valence-corrected chi connectivity index (χ0v) is 20.9. The van der Waals surface area contributed by atoms with Gasteiger partial charge in [-0.1, -0.05) is 5.57 Å². The molecule has 2 aliphatic rings. The number of carbonyl (C=O) groups is 2. The van der Waals surface area contributed by atoms with Gasteiger partial charge in [-0.05, 0) is 20.4 Å². The number of benzene rings is 1. The van der Waals surface area contributed by atoms with Crippen molar-refractivity contribution in [1.29, 1.82) is 0 Å². The van der Waals surface area contributed by atoms with E-state index in [1.807, 2.05) is 43.1 Å². The van der Waals surface area contributed by atoms with Gasteiger partial charge < -0.3 is 9.64 Å². The molecular formula is C19H23N2O3UV-. The molecule has 2 aliphatic heterocycles. The Bertz CT molecular complexity index is 681. The third kappa shape index (κ3) is 4.66. The fourth-order valence-corrected chi connectivity index (χ4v) is 3.69. The Morgan fingerprint density at radius 3 is 2.50 bits per heavy atom. The molecule has 1 aromatic carbocycles. The zero-order chi connectivity index (χ0) is 17.3. The van der Waals surface area contributed by atoms with E-state index in [1.165, 1.54) is 0 Å². The number of ether oxygens (including phenoxy) is 1. The van der Waals surface area contributed by atoms with Crippen molar-refractivity contribution in [2.24, 2.45) is 0 Å². The van der Waals surface area contributed by atoms with Crippen molar-refractivity contribution in [1.82, 2.24) is 9.80 Å². The predicted octanol–water partition coefficient (Wildman–Crippen LogP) is 1.74. The number of nitrogens with zero attached hydrogens (tertiary/aromatic N) is 2. The Balaban J connectivity index is 0.00000169. The first-order valence-corrected chi connectivity index (χ1v) is 8.37. The second kappa shape index (κ2) is 10.2. The van der Waals surface area contributed by atoms with Gasteiger partial charge in [-0.2, -0.15) is 30.3 Å². The van der Waals surface area contributed by atoms with Gasteiger partial charge in [-0.3, -0.25) is 9.69 Å². The van der Waals surface area contributed by atoms with Gasteiger partial charge in [0.25, 0.3) is 0 Å². The second-order valence-electron chi connectivity index (χ2n) is 6.36. The second-order valence-corrected chi connectivity index (χ2v) is 6.36. The van der Waals surface area contributed by atoms with Crippen LogP contribution in [-0.2, 0) is 32.9 Å². The summed E-state index contributed by atoms with van der Waals surface area (Å²) in [5.74, 6) is -0.222. The van der Waals surface area contributed by atoms with Crippen LogP contribution < -0.4 is 0 Å². The number of esters is 1. The fourth-order valence-electron chi connectivity index (χ4n) is 3.69. The summed E-state index contributed by atoms with van der Waals surface area (Å²) in [5.41, 5.74) is 2.77. The standard InChI is InChI=1S/C19H23N2O3.U.V/c1-4-24-19(23)18-16(14-8-6-5-7-9-14)10-15-11-21(13(2)22)12-17(18)20(15)3;;/h6-9,15,17H,4,10-12H2,1-3H3;;/q-1;;. The summed E-state index contributed by atoms with van der Waals surface area (Å²) in [6.45, 7) is 4.96. The van der Waals surface area contributed by atoms with E-state index in [4.69, 9.17) is 4.74 Å². The monoisotopic (exact) mass is 616 g/mol. The average molecular weight is 616 g/mol.